The van der Waals surface area contributed by atoms with E-state index in [0.29, 0.717) is 18.7 Å². The predicted molar refractivity (Wildman–Crippen MR) is 114 cm³/mol. The molecule has 0 saturated carbocycles. The van der Waals surface area contributed by atoms with Gasteiger partial charge < -0.3 is 9.80 Å². The third-order valence-electron chi connectivity index (χ3n) is 4.63. The summed E-state index contributed by atoms with van der Waals surface area (Å²) in [5.41, 5.74) is 3.28. The molecular weight excluding hydrogens is 366 g/mol. The number of non-ortho nitro benzene ring substituents is 1. The first kappa shape index (κ1) is 20.1. The van der Waals surface area contributed by atoms with E-state index in [-0.39, 0.29) is 11.6 Å². The fourth-order valence-corrected chi connectivity index (χ4v) is 3.06. The van der Waals surface area contributed by atoms with E-state index in [4.69, 9.17) is 0 Å². The number of hydrogen-bond acceptors (Lipinski definition) is 4. The number of rotatable bonds is 7. The lowest BCUT2D eigenvalue weighted by Gasteiger charge is -2.23. The van der Waals surface area contributed by atoms with Crippen LogP contribution in [0.4, 0.5) is 11.4 Å². The van der Waals surface area contributed by atoms with Gasteiger partial charge in [0.05, 0.1) is 4.92 Å². The number of amides is 1. The molecule has 0 aliphatic carbocycles. The zero-order valence-corrected chi connectivity index (χ0v) is 16.5. The smallest absolute Gasteiger partial charge is 0.270 e. The first-order chi connectivity index (χ1) is 13.9. The second kappa shape index (κ2) is 9.01. The van der Waals surface area contributed by atoms with Crippen molar-refractivity contribution in [3.05, 3.63) is 106 Å². The van der Waals surface area contributed by atoms with Crippen LogP contribution >= 0.6 is 0 Å². The fraction of sp³-hybridized carbons (Fsp3) is 0.174. The molecule has 0 aliphatic rings. The largest absolute Gasteiger partial charge is 0.378 e. The Morgan fingerprint density at radius 3 is 2.07 bits per heavy atom. The highest BCUT2D eigenvalue weighted by atomic mass is 16.6. The Balaban J connectivity index is 1.88. The Hall–Kier alpha value is -3.67. The average molecular weight is 389 g/mol. The molecule has 0 N–H and O–H groups in total. The molecule has 0 aliphatic heterocycles. The van der Waals surface area contributed by atoms with Gasteiger partial charge in [-0.25, -0.2) is 0 Å². The SMILES string of the molecule is CN(C)c1ccc(CN(Cc2ccccc2)C(=O)c2cccc([N+](=O)[O-])c2)cc1. The molecule has 0 heterocycles. The van der Waals surface area contributed by atoms with Crippen molar-refractivity contribution in [2.24, 2.45) is 0 Å². The number of nitrogens with zero attached hydrogens (tertiary/aromatic N) is 3. The lowest BCUT2D eigenvalue weighted by Crippen LogP contribution is -2.30. The molecule has 0 radical (unpaired) electrons. The molecule has 3 aromatic rings. The Bertz CT molecular complexity index is 986. The Kier molecular flexibility index (Phi) is 6.24. The predicted octanol–water partition coefficient (Wildman–Crippen LogP) is 4.50. The van der Waals surface area contributed by atoms with Crippen LogP contribution in [0.15, 0.2) is 78.9 Å². The summed E-state index contributed by atoms with van der Waals surface area (Å²) in [5, 5.41) is 11.1. The van der Waals surface area contributed by atoms with Gasteiger partial charge in [-0.15, -0.1) is 0 Å². The van der Waals surface area contributed by atoms with Gasteiger partial charge in [0.25, 0.3) is 11.6 Å². The van der Waals surface area contributed by atoms with Crippen LogP contribution in [0.3, 0.4) is 0 Å². The van der Waals surface area contributed by atoms with Crippen LogP contribution in [0.2, 0.25) is 0 Å². The fourth-order valence-electron chi connectivity index (χ4n) is 3.06. The molecule has 0 saturated heterocycles. The van der Waals surface area contributed by atoms with Crippen molar-refractivity contribution < 1.29 is 9.72 Å². The first-order valence-corrected chi connectivity index (χ1v) is 9.28. The van der Waals surface area contributed by atoms with Gasteiger partial charge in [0.1, 0.15) is 0 Å². The van der Waals surface area contributed by atoms with Crippen molar-refractivity contribution in [1.29, 1.82) is 0 Å². The number of nitro groups is 1. The number of carbonyl (C=O) groups excluding carboxylic acids is 1. The van der Waals surface area contributed by atoms with Gasteiger partial charge in [0, 0.05) is 50.6 Å². The quantitative estimate of drug-likeness (QED) is 0.441. The molecule has 6 heteroatoms. The van der Waals surface area contributed by atoms with Crippen LogP contribution in [0.5, 0.6) is 0 Å². The third-order valence-corrected chi connectivity index (χ3v) is 4.63. The van der Waals surface area contributed by atoms with Gasteiger partial charge in [0.2, 0.25) is 0 Å². The van der Waals surface area contributed by atoms with E-state index in [1.54, 1.807) is 11.0 Å². The summed E-state index contributed by atoms with van der Waals surface area (Å²) in [6.07, 6.45) is 0. The van der Waals surface area contributed by atoms with E-state index in [0.717, 1.165) is 16.8 Å². The van der Waals surface area contributed by atoms with Crippen LogP contribution in [0.25, 0.3) is 0 Å². The minimum atomic E-state index is -0.488. The number of hydrogen-bond donors (Lipinski definition) is 0. The van der Waals surface area contributed by atoms with E-state index in [9.17, 15) is 14.9 Å². The number of carbonyl (C=O) groups is 1. The van der Waals surface area contributed by atoms with Crippen molar-refractivity contribution in [1.82, 2.24) is 4.90 Å². The van der Waals surface area contributed by atoms with E-state index in [2.05, 4.69) is 0 Å². The summed E-state index contributed by atoms with van der Waals surface area (Å²) in [4.78, 5) is 27.5. The molecule has 0 bridgehead atoms. The summed E-state index contributed by atoms with van der Waals surface area (Å²) < 4.78 is 0. The highest BCUT2D eigenvalue weighted by Crippen LogP contribution is 2.19. The highest BCUT2D eigenvalue weighted by molar-refractivity contribution is 5.94. The van der Waals surface area contributed by atoms with E-state index < -0.39 is 4.92 Å². The van der Waals surface area contributed by atoms with Crippen LogP contribution in [-0.4, -0.2) is 29.8 Å². The monoisotopic (exact) mass is 389 g/mol. The zero-order valence-electron chi connectivity index (χ0n) is 16.5. The van der Waals surface area contributed by atoms with Gasteiger partial charge in [-0.3, -0.25) is 14.9 Å². The molecule has 0 atom stereocenters. The summed E-state index contributed by atoms with van der Waals surface area (Å²) in [6.45, 7) is 0.821. The maximum atomic E-state index is 13.2. The topological polar surface area (TPSA) is 66.7 Å². The molecular formula is C23H23N3O3. The summed E-state index contributed by atoms with van der Waals surface area (Å²) in [5.74, 6) is -0.241. The molecule has 6 nitrogen and oxygen atoms in total. The molecule has 0 aromatic heterocycles. The number of benzene rings is 3. The average Bonchev–Trinajstić information content (AvgIpc) is 2.74. The first-order valence-electron chi connectivity index (χ1n) is 9.28. The van der Waals surface area contributed by atoms with Gasteiger partial charge >= 0.3 is 0 Å². The van der Waals surface area contributed by atoms with Gasteiger partial charge in [0.15, 0.2) is 0 Å². The van der Waals surface area contributed by atoms with Crippen molar-refractivity contribution in [2.75, 3.05) is 19.0 Å². The van der Waals surface area contributed by atoms with Crippen molar-refractivity contribution >= 4 is 17.3 Å². The highest BCUT2D eigenvalue weighted by Gasteiger charge is 2.19. The van der Waals surface area contributed by atoms with Crippen molar-refractivity contribution in [3.63, 3.8) is 0 Å². The molecule has 0 unspecified atom stereocenters. The summed E-state index contributed by atoms with van der Waals surface area (Å²) >= 11 is 0. The molecule has 0 fully saturated rings. The maximum Gasteiger partial charge on any atom is 0.270 e. The van der Waals surface area contributed by atoms with Crippen molar-refractivity contribution in [3.8, 4) is 0 Å². The van der Waals surface area contributed by atoms with Crippen LogP contribution in [-0.2, 0) is 13.1 Å². The Morgan fingerprint density at radius 1 is 0.862 bits per heavy atom. The minimum absolute atomic E-state index is 0.0918. The standard InChI is InChI=1S/C23H23N3O3/c1-24(2)21-13-11-19(12-14-21)17-25(16-18-7-4-3-5-8-18)23(27)20-9-6-10-22(15-20)26(28)29/h3-15H,16-17H2,1-2H3. The van der Waals surface area contributed by atoms with E-state index in [1.165, 1.54) is 18.2 Å². The second-order valence-electron chi connectivity index (χ2n) is 7.02. The van der Waals surface area contributed by atoms with Crippen LogP contribution in [0, 0.1) is 10.1 Å². The van der Waals surface area contributed by atoms with Gasteiger partial charge in [-0.05, 0) is 29.3 Å². The van der Waals surface area contributed by atoms with Crippen LogP contribution < -0.4 is 4.90 Å². The van der Waals surface area contributed by atoms with E-state index >= 15 is 0 Å². The van der Waals surface area contributed by atoms with Gasteiger partial charge in [-0.2, -0.15) is 0 Å². The molecule has 3 aromatic carbocycles. The van der Waals surface area contributed by atoms with Gasteiger partial charge in [-0.1, -0.05) is 48.5 Å². The molecule has 148 valence electrons. The number of anilines is 1. The Labute approximate surface area is 170 Å². The van der Waals surface area contributed by atoms with E-state index in [1.807, 2.05) is 73.6 Å². The second-order valence-corrected chi connectivity index (χ2v) is 7.02. The normalized spacial score (nSPS) is 10.4. The lowest BCUT2D eigenvalue weighted by atomic mass is 10.1. The Morgan fingerprint density at radius 2 is 1.48 bits per heavy atom. The third kappa shape index (κ3) is 5.19. The summed E-state index contributed by atoms with van der Waals surface area (Å²) in [7, 11) is 3.95. The molecule has 3 rings (SSSR count). The molecule has 1 amide bonds. The minimum Gasteiger partial charge on any atom is -0.378 e. The van der Waals surface area contributed by atoms with Crippen LogP contribution in [0.1, 0.15) is 21.5 Å². The molecule has 0 spiro atoms. The van der Waals surface area contributed by atoms with Crippen molar-refractivity contribution in [2.45, 2.75) is 13.1 Å². The zero-order chi connectivity index (χ0) is 20.8. The molecule has 29 heavy (non-hydrogen) atoms. The lowest BCUT2D eigenvalue weighted by molar-refractivity contribution is -0.384. The maximum absolute atomic E-state index is 13.2. The summed E-state index contributed by atoms with van der Waals surface area (Å²) in [6, 6.07) is 23.6. The number of nitro benzene ring substituents is 1.